The molecule has 8 heteroatoms. The number of anilines is 2. The van der Waals surface area contributed by atoms with Crippen LogP contribution in [0.5, 0.6) is 23.0 Å². The second-order valence-electron chi connectivity index (χ2n) is 8.24. The SMILES string of the molecule is CCc1ccc(OCCCN2C(=O)COc3ccc(NC(=O)c4ccc(OC)c(OC)c4)cc32)cc1. The topological polar surface area (TPSA) is 86.3 Å². The van der Waals surface area contributed by atoms with Crippen LogP contribution < -0.4 is 29.2 Å². The van der Waals surface area contributed by atoms with Gasteiger partial charge in [-0.05, 0) is 66.9 Å². The van der Waals surface area contributed by atoms with Gasteiger partial charge in [0.2, 0.25) is 0 Å². The lowest BCUT2D eigenvalue weighted by molar-refractivity contribution is -0.121. The summed E-state index contributed by atoms with van der Waals surface area (Å²) in [5.74, 6) is 1.95. The highest BCUT2D eigenvalue weighted by molar-refractivity contribution is 6.05. The van der Waals surface area contributed by atoms with Crippen LogP contribution in [-0.4, -0.2) is 45.8 Å². The van der Waals surface area contributed by atoms with E-state index in [4.69, 9.17) is 18.9 Å². The Labute approximate surface area is 210 Å². The molecule has 0 unspecified atom stereocenters. The Kier molecular flexibility index (Phi) is 7.95. The number of fused-ring (bicyclic) bond motifs is 1. The second-order valence-corrected chi connectivity index (χ2v) is 8.24. The number of rotatable bonds is 10. The molecule has 0 saturated heterocycles. The van der Waals surface area contributed by atoms with Crippen LogP contribution in [0.2, 0.25) is 0 Å². The number of hydrogen-bond donors (Lipinski definition) is 1. The van der Waals surface area contributed by atoms with Gasteiger partial charge < -0.3 is 29.2 Å². The molecule has 0 atom stereocenters. The van der Waals surface area contributed by atoms with Crippen LogP contribution in [0.15, 0.2) is 60.7 Å². The lowest BCUT2D eigenvalue weighted by Crippen LogP contribution is -2.39. The van der Waals surface area contributed by atoms with Gasteiger partial charge >= 0.3 is 0 Å². The molecule has 3 aromatic rings. The molecule has 0 fully saturated rings. The minimum absolute atomic E-state index is 0.0241. The number of methoxy groups -OCH3 is 2. The average molecular weight is 491 g/mol. The molecule has 0 saturated carbocycles. The monoisotopic (exact) mass is 490 g/mol. The molecule has 1 aliphatic rings. The molecule has 4 rings (SSSR count). The summed E-state index contributed by atoms with van der Waals surface area (Å²) in [6.45, 7) is 3.03. The van der Waals surface area contributed by atoms with Crippen LogP contribution in [0.4, 0.5) is 11.4 Å². The number of carbonyl (C=O) groups excluding carboxylic acids is 2. The van der Waals surface area contributed by atoms with Crippen LogP contribution in [0.3, 0.4) is 0 Å². The zero-order chi connectivity index (χ0) is 25.5. The van der Waals surface area contributed by atoms with Crippen molar-refractivity contribution in [3.8, 4) is 23.0 Å². The van der Waals surface area contributed by atoms with Crippen LogP contribution in [0.25, 0.3) is 0 Å². The molecule has 36 heavy (non-hydrogen) atoms. The molecule has 0 radical (unpaired) electrons. The van der Waals surface area contributed by atoms with Gasteiger partial charge in [-0.1, -0.05) is 19.1 Å². The summed E-state index contributed by atoms with van der Waals surface area (Å²) >= 11 is 0. The summed E-state index contributed by atoms with van der Waals surface area (Å²) < 4.78 is 22.0. The third-order valence-corrected chi connectivity index (χ3v) is 5.93. The zero-order valence-electron chi connectivity index (χ0n) is 20.7. The van der Waals surface area contributed by atoms with Gasteiger partial charge in [0.15, 0.2) is 18.1 Å². The zero-order valence-corrected chi connectivity index (χ0v) is 20.7. The fourth-order valence-electron chi connectivity index (χ4n) is 3.94. The van der Waals surface area contributed by atoms with Gasteiger partial charge in [0, 0.05) is 17.8 Å². The number of amides is 2. The fourth-order valence-corrected chi connectivity index (χ4v) is 3.94. The first kappa shape index (κ1) is 24.9. The third-order valence-electron chi connectivity index (χ3n) is 5.93. The number of hydrogen-bond acceptors (Lipinski definition) is 6. The van der Waals surface area contributed by atoms with E-state index < -0.39 is 0 Å². The van der Waals surface area contributed by atoms with Crippen molar-refractivity contribution in [2.75, 3.05) is 44.2 Å². The fraction of sp³-hybridized carbons (Fsp3) is 0.286. The Bertz CT molecular complexity index is 1230. The number of nitrogens with one attached hydrogen (secondary N) is 1. The molecule has 1 aliphatic heterocycles. The Morgan fingerprint density at radius 3 is 2.50 bits per heavy atom. The summed E-state index contributed by atoms with van der Waals surface area (Å²) in [7, 11) is 3.05. The van der Waals surface area contributed by atoms with Crippen LogP contribution >= 0.6 is 0 Å². The van der Waals surface area contributed by atoms with E-state index in [9.17, 15) is 9.59 Å². The van der Waals surface area contributed by atoms with Gasteiger partial charge in [0.25, 0.3) is 11.8 Å². The normalized spacial score (nSPS) is 12.4. The Balaban J connectivity index is 1.41. The standard InChI is InChI=1S/C28H30N2O6/c1-4-19-6-10-22(11-7-19)35-15-5-14-30-23-17-21(9-13-24(23)36-18-27(30)31)29-28(32)20-8-12-25(33-2)26(16-20)34-3/h6-13,16-17H,4-5,14-15,18H2,1-3H3,(H,29,32). The minimum Gasteiger partial charge on any atom is -0.494 e. The van der Waals surface area contributed by atoms with Crippen molar-refractivity contribution >= 4 is 23.2 Å². The predicted molar refractivity (Wildman–Crippen MR) is 138 cm³/mol. The molecule has 0 bridgehead atoms. The maximum absolute atomic E-state index is 12.8. The van der Waals surface area contributed by atoms with E-state index in [1.807, 2.05) is 12.1 Å². The van der Waals surface area contributed by atoms with E-state index in [2.05, 4.69) is 24.4 Å². The van der Waals surface area contributed by atoms with Gasteiger partial charge in [0.1, 0.15) is 11.5 Å². The number of ether oxygens (including phenoxy) is 4. The molecule has 188 valence electrons. The highest BCUT2D eigenvalue weighted by atomic mass is 16.5. The van der Waals surface area contributed by atoms with Gasteiger partial charge in [-0.3, -0.25) is 9.59 Å². The molecule has 3 aromatic carbocycles. The lowest BCUT2D eigenvalue weighted by Gasteiger charge is -2.30. The van der Waals surface area contributed by atoms with Crippen molar-refractivity contribution in [1.29, 1.82) is 0 Å². The summed E-state index contributed by atoms with van der Waals surface area (Å²) in [4.78, 5) is 27.1. The Morgan fingerprint density at radius 1 is 1.00 bits per heavy atom. The molecule has 0 aliphatic carbocycles. The minimum atomic E-state index is -0.312. The first-order chi connectivity index (χ1) is 17.5. The van der Waals surface area contributed by atoms with Crippen molar-refractivity contribution in [2.45, 2.75) is 19.8 Å². The van der Waals surface area contributed by atoms with Gasteiger partial charge in [0.05, 0.1) is 26.5 Å². The van der Waals surface area contributed by atoms with E-state index in [0.717, 1.165) is 12.2 Å². The van der Waals surface area contributed by atoms with Gasteiger partial charge in [-0.15, -0.1) is 0 Å². The molecular formula is C28H30N2O6. The van der Waals surface area contributed by atoms with Crippen LogP contribution in [0.1, 0.15) is 29.3 Å². The van der Waals surface area contributed by atoms with Crippen molar-refractivity contribution in [3.63, 3.8) is 0 Å². The largest absolute Gasteiger partial charge is 0.494 e. The van der Waals surface area contributed by atoms with Crippen LogP contribution in [-0.2, 0) is 11.2 Å². The lowest BCUT2D eigenvalue weighted by atomic mass is 10.1. The van der Waals surface area contributed by atoms with Crippen molar-refractivity contribution in [3.05, 3.63) is 71.8 Å². The predicted octanol–water partition coefficient (Wildman–Crippen LogP) is 4.71. The maximum atomic E-state index is 12.8. The summed E-state index contributed by atoms with van der Waals surface area (Å²) in [6, 6.07) is 18.2. The van der Waals surface area contributed by atoms with Gasteiger partial charge in [-0.2, -0.15) is 0 Å². The molecule has 1 heterocycles. The number of benzene rings is 3. The summed E-state index contributed by atoms with van der Waals surface area (Å²) in [5.41, 5.74) is 2.83. The quantitative estimate of drug-likeness (QED) is 0.414. The molecule has 0 aromatic heterocycles. The highest BCUT2D eigenvalue weighted by Gasteiger charge is 2.26. The molecular weight excluding hydrogens is 460 g/mol. The molecule has 2 amide bonds. The van der Waals surface area contributed by atoms with E-state index >= 15 is 0 Å². The molecule has 0 spiro atoms. The van der Waals surface area contributed by atoms with Crippen molar-refractivity contribution in [2.24, 2.45) is 0 Å². The molecule has 1 N–H and O–H groups in total. The smallest absolute Gasteiger partial charge is 0.265 e. The van der Waals surface area contributed by atoms with Crippen molar-refractivity contribution in [1.82, 2.24) is 0 Å². The molecule has 8 nitrogen and oxygen atoms in total. The number of nitrogens with zero attached hydrogens (tertiary/aromatic N) is 1. The third kappa shape index (κ3) is 5.71. The summed E-state index contributed by atoms with van der Waals surface area (Å²) in [5, 5.41) is 2.88. The number of aryl methyl sites for hydroxylation is 1. The first-order valence-corrected chi connectivity index (χ1v) is 11.8. The maximum Gasteiger partial charge on any atom is 0.265 e. The number of carbonyl (C=O) groups is 2. The van der Waals surface area contributed by atoms with E-state index in [-0.39, 0.29) is 18.4 Å². The Hall–Kier alpha value is -4.20. The van der Waals surface area contributed by atoms with E-state index in [1.165, 1.54) is 19.8 Å². The Morgan fingerprint density at radius 2 is 1.78 bits per heavy atom. The van der Waals surface area contributed by atoms with E-state index in [0.29, 0.717) is 53.8 Å². The average Bonchev–Trinajstić information content (AvgIpc) is 2.91. The highest BCUT2D eigenvalue weighted by Crippen LogP contribution is 2.35. The van der Waals surface area contributed by atoms with Crippen LogP contribution in [0, 0.1) is 0 Å². The summed E-state index contributed by atoms with van der Waals surface area (Å²) in [6.07, 6.45) is 1.62. The second kappa shape index (κ2) is 11.5. The first-order valence-electron chi connectivity index (χ1n) is 11.8. The van der Waals surface area contributed by atoms with Gasteiger partial charge in [-0.25, -0.2) is 0 Å². The van der Waals surface area contributed by atoms with E-state index in [1.54, 1.807) is 41.3 Å². The van der Waals surface area contributed by atoms with Crippen molar-refractivity contribution < 1.29 is 28.5 Å².